The zero-order valence-electron chi connectivity index (χ0n) is 15.5. The van der Waals surface area contributed by atoms with Crippen LogP contribution in [0.3, 0.4) is 0 Å². The molecule has 0 radical (unpaired) electrons. The van der Waals surface area contributed by atoms with Crippen molar-refractivity contribution in [2.45, 2.75) is 69.7 Å². The zero-order chi connectivity index (χ0) is 17.9. The van der Waals surface area contributed by atoms with E-state index >= 15 is 0 Å². The number of aliphatic hydroxyl groups is 2. The quantitative estimate of drug-likeness (QED) is 0.749. The lowest BCUT2D eigenvalue weighted by Crippen LogP contribution is -2.27. The molecule has 0 heterocycles. The summed E-state index contributed by atoms with van der Waals surface area (Å²) in [6.07, 6.45) is 6.80. The Bertz CT molecular complexity index is 545. The standard InChI is InChI=1S/C21H32O4/c1-3-4-9-21(23)12-15-10-17(11-16(15)13-21)25-20(14-22)18-7-5-6-8-19(18)24-2/h5-8,15-17,20,22-23H,3-4,9-14H2,1-2H3/t15-,16+,17?,20?,21?. The maximum absolute atomic E-state index is 10.8. The van der Waals surface area contributed by atoms with Crippen LogP contribution >= 0.6 is 0 Å². The van der Waals surface area contributed by atoms with Gasteiger partial charge in [0.05, 0.1) is 25.4 Å². The Morgan fingerprint density at radius 2 is 1.88 bits per heavy atom. The van der Waals surface area contributed by atoms with Gasteiger partial charge < -0.3 is 19.7 Å². The second-order valence-electron chi connectivity index (χ2n) is 7.90. The topological polar surface area (TPSA) is 58.9 Å². The molecule has 140 valence electrons. The van der Waals surface area contributed by atoms with Crippen molar-refractivity contribution in [2.24, 2.45) is 11.8 Å². The van der Waals surface area contributed by atoms with Gasteiger partial charge in [-0.15, -0.1) is 0 Å². The Kier molecular flexibility index (Phi) is 6.03. The van der Waals surface area contributed by atoms with E-state index < -0.39 is 5.60 Å². The maximum atomic E-state index is 10.8. The maximum Gasteiger partial charge on any atom is 0.124 e. The van der Waals surface area contributed by atoms with Crippen molar-refractivity contribution in [2.75, 3.05) is 13.7 Å². The number of methoxy groups -OCH3 is 1. The first kappa shape index (κ1) is 18.7. The molecule has 4 heteroatoms. The highest BCUT2D eigenvalue weighted by Gasteiger charge is 2.48. The minimum absolute atomic E-state index is 0.0490. The molecule has 3 rings (SSSR count). The highest BCUT2D eigenvalue weighted by molar-refractivity contribution is 5.35. The average Bonchev–Trinajstić information content (AvgIpc) is 3.12. The summed E-state index contributed by atoms with van der Waals surface area (Å²) in [7, 11) is 1.64. The van der Waals surface area contributed by atoms with Gasteiger partial charge in [-0.1, -0.05) is 38.0 Å². The molecule has 3 unspecified atom stereocenters. The molecule has 1 aromatic rings. The van der Waals surface area contributed by atoms with Gasteiger partial charge in [-0.05, 0) is 50.0 Å². The fourth-order valence-electron chi connectivity index (χ4n) is 4.92. The van der Waals surface area contributed by atoms with Crippen LogP contribution in [0.1, 0.15) is 63.5 Å². The Morgan fingerprint density at radius 3 is 2.48 bits per heavy atom. The third kappa shape index (κ3) is 4.18. The lowest BCUT2D eigenvalue weighted by atomic mass is 9.92. The molecule has 2 N–H and O–H groups in total. The molecule has 2 aliphatic carbocycles. The summed E-state index contributed by atoms with van der Waals surface area (Å²) < 4.78 is 11.7. The molecule has 0 saturated heterocycles. The van der Waals surface area contributed by atoms with Crippen LogP contribution in [0.25, 0.3) is 0 Å². The average molecular weight is 348 g/mol. The predicted molar refractivity (Wildman–Crippen MR) is 97.6 cm³/mol. The Hall–Kier alpha value is -1.10. The Labute approximate surface area is 151 Å². The lowest BCUT2D eigenvalue weighted by Gasteiger charge is -2.26. The van der Waals surface area contributed by atoms with Crippen LogP contribution in [0.15, 0.2) is 24.3 Å². The molecule has 5 atom stereocenters. The summed E-state index contributed by atoms with van der Waals surface area (Å²) in [6.45, 7) is 2.13. The molecule has 4 nitrogen and oxygen atoms in total. The predicted octanol–water partition coefficient (Wildman–Crippen LogP) is 3.86. The summed E-state index contributed by atoms with van der Waals surface area (Å²) in [5.74, 6) is 1.88. The SMILES string of the molecule is CCCCC1(O)C[C@H]2CC(OC(CO)c3ccccc3OC)C[C@H]2C1. The lowest BCUT2D eigenvalue weighted by molar-refractivity contribution is -0.0476. The molecule has 0 aliphatic heterocycles. The van der Waals surface area contributed by atoms with E-state index in [1.165, 1.54) is 0 Å². The van der Waals surface area contributed by atoms with E-state index in [-0.39, 0.29) is 18.8 Å². The van der Waals surface area contributed by atoms with Crippen molar-refractivity contribution < 1.29 is 19.7 Å². The second kappa shape index (κ2) is 8.07. The molecule has 2 aliphatic rings. The third-order valence-electron chi connectivity index (χ3n) is 6.09. The Morgan fingerprint density at radius 1 is 1.20 bits per heavy atom. The molecule has 0 amide bonds. The van der Waals surface area contributed by atoms with Crippen molar-refractivity contribution in [3.05, 3.63) is 29.8 Å². The smallest absolute Gasteiger partial charge is 0.124 e. The van der Waals surface area contributed by atoms with Crippen molar-refractivity contribution >= 4 is 0 Å². The number of fused-ring (bicyclic) bond motifs is 1. The van der Waals surface area contributed by atoms with Crippen LogP contribution in [-0.2, 0) is 4.74 Å². The fourth-order valence-corrected chi connectivity index (χ4v) is 4.92. The number of aliphatic hydroxyl groups excluding tert-OH is 1. The summed E-state index contributed by atoms with van der Waals surface area (Å²) >= 11 is 0. The van der Waals surface area contributed by atoms with E-state index in [9.17, 15) is 10.2 Å². The molecule has 0 aromatic heterocycles. The number of rotatable bonds is 8. The van der Waals surface area contributed by atoms with Crippen LogP contribution in [0.2, 0.25) is 0 Å². The summed E-state index contributed by atoms with van der Waals surface area (Å²) in [5.41, 5.74) is 0.457. The zero-order valence-corrected chi connectivity index (χ0v) is 15.5. The van der Waals surface area contributed by atoms with Gasteiger partial charge in [0.25, 0.3) is 0 Å². The Balaban J connectivity index is 1.59. The molecular formula is C21H32O4. The minimum Gasteiger partial charge on any atom is -0.496 e. The van der Waals surface area contributed by atoms with Crippen LogP contribution in [-0.4, -0.2) is 35.6 Å². The second-order valence-corrected chi connectivity index (χ2v) is 7.90. The van der Waals surface area contributed by atoms with Crippen LogP contribution in [0, 0.1) is 11.8 Å². The van der Waals surface area contributed by atoms with Crippen molar-refractivity contribution in [1.29, 1.82) is 0 Å². The first-order valence-electron chi connectivity index (χ1n) is 9.70. The molecule has 2 saturated carbocycles. The third-order valence-corrected chi connectivity index (χ3v) is 6.09. The number of hydrogen-bond donors (Lipinski definition) is 2. The highest BCUT2D eigenvalue weighted by Crippen LogP contribution is 2.51. The van der Waals surface area contributed by atoms with E-state index in [2.05, 4.69) is 6.92 Å². The van der Waals surface area contributed by atoms with Crippen LogP contribution in [0.4, 0.5) is 0 Å². The van der Waals surface area contributed by atoms with E-state index in [1.54, 1.807) is 7.11 Å². The first-order chi connectivity index (χ1) is 12.1. The van der Waals surface area contributed by atoms with Crippen molar-refractivity contribution in [1.82, 2.24) is 0 Å². The number of hydrogen-bond acceptors (Lipinski definition) is 4. The van der Waals surface area contributed by atoms with Crippen molar-refractivity contribution in [3.63, 3.8) is 0 Å². The van der Waals surface area contributed by atoms with E-state index in [0.29, 0.717) is 11.8 Å². The van der Waals surface area contributed by atoms with Gasteiger partial charge in [0.2, 0.25) is 0 Å². The first-order valence-corrected chi connectivity index (χ1v) is 9.70. The number of para-hydroxylation sites is 1. The number of benzene rings is 1. The van der Waals surface area contributed by atoms with E-state index in [4.69, 9.17) is 9.47 Å². The number of ether oxygens (including phenoxy) is 2. The number of unbranched alkanes of at least 4 members (excludes halogenated alkanes) is 1. The van der Waals surface area contributed by atoms with Gasteiger partial charge in [0.1, 0.15) is 11.9 Å². The van der Waals surface area contributed by atoms with Gasteiger partial charge in [-0.2, -0.15) is 0 Å². The van der Waals surface area contributed by atoms with Gasteiger partial charge in [0, 0.05) is 5.56 Å². The highest BCUT2D eigenvalue weighted by atomic mass is 16.5. The molecule has 2 fully saturated rings. The minimum atomic E-state index is -0.449. The summed E-state index contributed by atoms with van der Waals surface area (Å²) in [5, 5.41) is 20.6. The molecular weight excluding hydrogens is 316 g/mol. The normalized spacial score (nSPS) is 32.6. The van der Waals surface area contributed by atoms with Crippen LogP contribution in [0.5, 0.6) is 5.75 Å². The largest absolute Gasteiger partial charge is 0.496 e. The van der Waals surface area contributed by atoms with Gasteiger partial charge in [-0.3, -0.25) is 0 Å². The fraction of sp³-hybridized carbons (Fsp3) is 0.714. The molecule has 1 aromatic carbocycles. The molecule has 0 spiro atoms. The van der Waals surface area contributed by atoms with E-state index in [1.807, 2.05) is 24.3 Å². The van der Waals surface area contributed by atoms with Gasteiger partial charge >= 0.3 is 0 Å². The van der Waals surface area contributed by atoms with Crippen molar-refractivity contribution in [3.8, 4) is 5.75 Å². The molecule has 25 heavy (non-hydrogen) atoms. The molecule has 0 bridgehead atoms. The monoisotopic (exact) mass is 348 g/mol. The van der Waals surface area contributed by atoms with Gasteiger partial charge in [-0.25, -0.2) is 0 Å². The summed E-state index contributed by atoms with van der Waals surface area (Å²) in [6, 6.07) is 7.73. The van der Waals surface area contributed by atoms with Gasteiger partial charge in [0.15, 0.2) is 0 Å². The van der Waals surface area contributed by atoms with E-state index in [0.717, 1.165) is 56.3 Å². The summed E-state index contributed by atoms with van der Waals surface area (Å²) in [4.78, 5) is 0. The van der Waals surface area contributed by atoms with Crippen LogP contribution < -0.4 is 4.74 Å².